The van der Waals surface area contributed by atoms with Gasteiger partial charge in [0, 0.05) is 6.54 Å². The fourth-order valence-corrected chi connectivity index (χ4v) is 2.45. The third-order valence-corrected chi connectivity index (χ3v) is 4.26. The molecule has 0 spiro atoms. The topological polar surface area (TPSA) is 32.3 Å². The van der Waals surface area contributed by atoms with Crippen LogP contribution in [-0.2, 0) is 4.79 Å². The smallest absolute Gasteiger partial charge is 0.241 e. The first-order valence-corrected chi connectivity index (χ1v) is 7.32. The zero-order chi connectivity index (χ0) is 15.7. The van der Waals surface area contributed by atoms with E-state index in [2.05, 4.69) is 26.1 Å². The van der Waals surface area contributed by atoms with E-state index in [4.69, 9.17) is 0 Å². The van der Waals surface area contributed by atoms with Crippen molar-refractivity contribution < 1.29 is 13.6 Å². The molecule has 1 aliphatic rings. The van der Waals surface area contributed by atoms with Gasteiger partial charge in [-0.05, 0) is 36.5 Å². The number of benzene rings is 1. The van der Waals surface area contributed by atoms with Crippen molar-refractivity contribution in [1.82, 2.24) is 10.2 Å². The predicted octanol–water partition coefficient (Wildman–Crippen LogP) is 3.08. The largest absolute Gasteiger partial charge is 0.321 e. The van der Waals surface area contributed by atoms with Crippen molar-refractivity contribution >= 4 is 5.91 Å². The third-order valence-electron chi connectivity index (χ3n) is 4.26. The van der Waals surface area contributed by atoms with E-state index < -0.39 is 17.8 Å². The van der Waals surface area contributed by atoms with Gasteiger partial charge in [-0.3, -0.25) is 10.1 Å². The standard InChI is InChI=1S/C16H22F2N2O/c1-9(2)10(3)8-20-15(19-11(4)16(20)21)12-5-6-13(17)14(18)7-12/h5-7,9-11,15,19H,8H2,1-4H3. The van der Waals surface area contributed by atoms with Crippen LogP contribution in [0.15, 0.2) is 18.2 Å². The minimum absolute atomic E-state index is 0.00256. The van der Waals surface area contributed by atoms with Gasteiger partial charge < -0.3 is 4.90 Å². The summed E-state index contributed by atoms with van der Waals surface area (Å²) in [6, 6.07) is 3.46. The Kier molecular flexibility index (Phi) is 4.61. The lowest BCUT2D eigenvalue weighted by Gasteiger charge is -2.29. The second-order valence-corrected chi connectivity index (χ2v) is 6.18. The molecule has 116 valence electrons. The first-order valence-electron chi connectivity index (χ1n) is 7.32. The minimum Gasteiger partial charge on any atom is -0.321 e. The Bertz CT molecular complexity index is 533. The molecule has 1 aromatic rings. The quantitative estimate of drug-likeness (QED) is 0.926. The number of carbonyl (C=O) groups is 1. The highest BCUT2D eigenvalue weighted by atomic mass is 19.2. The van der Waals surface area contributed by atoms with Crippen LogP contribution in [0.3, 0.4) is 0 Å². The van der Waals surface area contributed by atoms with Gasteiger partial charge in [-0.15, -0.1) is 0 Å². The molecule has 0 aliphatic carbocycles. The number of nitrogens with zero attached hydrogens (tertiary/aromatic N) is 1. The van der Waals surface area contributed by atoms with Crippen LogP contribution in [0, 0.1) is 23.5 Å². The van der Waals surface area contributed by atoms with Crippen LogP contribution < -0.4 is 5.32 Å². The Morgan fingerprint density at radius 1 is 1.24 bits per heavy atom. The van der Waals surface area contributed by atoms with Crippen LogP contribution in [0.1, 0.15) is 39.4 Å². The van der Waals surface area contributed by atoms with Crippen molar-refractivity contribution in [2.24, 2.45) is 11.8 Å². The average molecular weight is 296 g/mol. The summed E-state index contributed by atoms with van der Waals surface area (Å²) in [7, 11) is 0. The highest BCUT2D eigenvalue weighted by molar-refractivity contribution is 5.84. The average Bonchev–Trinajstić information content (AvgIpc) is 2.70. The predicted molar refractivity (Wildman–Crippen MR) is 77.4 cm³/mol. The summed E-state index contributed by atoms with van der Waals surface area (Å²) in [6.07, 6.45) is -0.399. The molecule has 1 aromatic carbocycles. The summed E-state index contributed by atoms with van der Waals surface area (Å²) >= 11 is 0. The maximum atomic E-state index is 13.4. The Labute approximate surface area is 124 Å². The molecule has 1 heterocycles. The molecular weight excluding hydrogens is 274 g/mol. The molecule has 3 unspecified atom stereocenters. The van der Waals surface area contributed by atoms with Gasteiger partial charge >= 0.3 is 0 Å². The van der Waals surface area contributed by atoms with Crippen molar-refractivity contribution in [1.29, 1.82) is 0 Å². The monoisotopic (exact) mass is 296 g/mol. The summed E-state index contributed by atoms with van der Waals surface area (Å²) < 4.78 is 26.5. The minimum atomic E-state index is -0.891. The lowest BCUT2D eigenvalue weighted by Crippen LogP contribution is -2.35. The van der Waals surface area contributed by atoms with Crippen molar-refractivity contribution in [2.45, 2.75) is 39.9 Å². The number of amides is 1. The lowest BCUT2D eigenvalue weighted by molar-refractivity contribution is -0.130. The Balaban J connectivity index is 2.27. The lowest BCUT2D eigenvalue weighted by atomic mass is 9.97. The summed E-state index contributed by atoms with van der Waals surface area (Å²) in [5, 5.41) is 3.15. The highest BCUT2D eigenvalue weighted by Crippen LogP contribution is 2.28. The SMILES string of the molecule is CC1NC(c2ccc(F)c(F)c2)N(CC(C)C(C)C)C1=O. The van der Waals surface area contributed by atoms with Crippen LogP contribution in [0.2, 0.25) is 0 Å². The molecular formula is C16H22F2N2O. The van der Waals surface area contributed by atoms with Crippen molar-refractivity contribution in [3.05, 3.63) is 35.4 Å². The number of hydrogen-bond acceptors (Lipinski definition) is 2. The first-order chi connectivity index (χ1) is 9.81. The van der Waals surface area contributed by atoms with E-state index in [0.29, 0.717) is 23.9 Å². The van der Waals surface area contributed by atoms with Gasteiger partial charge in [0.25, 0.3) is 0 Å². The van der Waals surface area contributed by atoms with Crippen LogP contribution >= 0.6 is 0 Å². The molecule has 3 nitrogen and oxygen atoms in total. The van der Waals surface area contributed by atoms with Crippen LogP contribution in [0.4, 0.5) is 8.78 Å². The number of halogens is 2. The number of rotatable bonds is 4. The summed E-state index contributed by atoms with van der Waals surface area (Å²) in [5.74, 6) is -0.998. The molecule has 0 aromatic heterocycles. The molecule has 0 saturated carbocycles. The third kappa shape index (κ3) is 3.23. The Morgan fingerprint density at radius 3 is 2.48 bits per heavy atom. The van der Waals surface area contributed by atoms with Crippen LogP contribution in [0.5, 0.6) is 0 Å². The van der Waals surface area contributed by atoms with Crippen molar-refractivity contribution in [3.63, 3.8) is 0 Å². The molecule has 3 atom stereocenters. The Morgan fingerprint density at radius 2 is 1.90 bits per heavy atom. The van der Waals surface area contributed by atoms with Gasteiger partial charge in [-0.1, -0.05) is 26.8 Å². The first kappa shape index (κ1) is 15.9. The summed E-state index contributed by atoms with van der Waals surface area (Å²) in [6.45, 7) is 8.68. The maximum Gasteiger partial charge on any atom is 0.241 e. The van der Waals surface area contributed by atoms with Gasteiger partial charge in [0.05, 0.1) is 6.04 Å². The van der Waals surface area contributed by atoms with E-state index in [1.807, 2.05) is 0 Å². The van der Waals surface area contributed by atoms with Crippen LogP contribution in [0.25, 0.3) is 0 Å². The maximum absolute atomic E-state index is 13.4. The number of hydrogen-bond donors (Lipinski definition) is 1. The molecule has 0 radical (unpaired) electrons. The number of carbonyl (C=O) groups excluding carboxylic acids is 1. The highest BCUT2D eigenvalue weighted by Gasteiger charge is 2.38. The second-order valence-electron chi connectivity index (χ2n) is 6.18. The summed E-state index contributed by atoms with van der Waals surface area (Å²) in [4.78, 5) is 14.0. The molecule has 0 bridgehead atoms. The molecule has 1 amide bonds. The zero-order valence-electron chi connectivity index (χ0n) is 12.9. The second kappa shape index (κ2) is 6.10. The van der Waals surface area contributed by atoms with E-state index in [1.54, 1.807) is 11.8 Å². The van der Waals surface area contributed by atoms with Gasteiger partial charge in [0.2, 0.25) is 5.91 Å². The van der Waals surface area contributed by atoms with E-state index in [0.717, 1.165) is 12.1 Å². The number of nitrogens with one attached hydrogen (secondary N) is 1. The fourth-order valence-electron chi connectivity index (χ4n) is 2.45. The van der Waals surface area contributed by atoms with Crippen molar-refractivity contribution in [2.75, 3.05) is 6.54 Å². The van der Waals surface area contributed by atoms with E-state index in [-0.39, 0.29) is 11.9 Å². The molecule has 1 N–H and O–H groups in total. The molecule has 21 heavy (non-hydrogen) atoms. The Hall–Kier alpha value is -1.49. The van der Waals surface area contributed by atoms with E-state index >= 15 is 0 Å². The van der Waals surface area contributed by atoms with Gasteiger partial charge in [0.15, 0.2) is 11.6 Å². The molecule has 1 fully saturated rings. The molecule has 1 saturated heterocycles. The zero-order valence-corrected chi connectivity index (χ0v) is 12.9. The van der Waals surface area contributed by atoms with Gasteiger partial charge in [-0.25, -0.2) is 8.78 Å². The summed E-state index contributed by atoms with van der Waals surface area (Å²) in [5.41, 5.74) is 0.572. The van der Waals surface area contributed by atoms with Gasteiger partial charge in [-0.2, -0.15) is 0 Å². The molecule has 5 heteroatoms. The normalized spacial score (nSPS) is 24.0. The van der Waals surface area contributed by atoms with E-state index in [1.165, 1.54) is 6.07 Å². The van der Waals surface area contributed by atoms with Gasteiger partial charge in [0.1, 0.15) is 6.17 Å². The van der Waals surface area contributed by atoms with E-state index in [9.17, 15) is 13.6 Å². The van der Waals surface area contributed by atoms with Crippen molar-refractivity contribution in [3.8, 4) is 0 Å². The molecule has 1 aliphatic heterocycles. The van der Waals surface area contributed by atoms with Crippen LogP contribution in [-0.4, -0.2) is 23.4 Å². The molecule has 2 rings (SSSR count). The fraction of sp³-hybridized carbons (Fsp3) is 0.562.